The van der Waals surface area contributed by atoms with E-state index in [1.54, 1.807) is 0 Å². The molecular weight excluding hydrogens is 546 g/mol. The monoisotopic (exact) mass is 575 g/mol. The molecule has 0 amide bonds. The average Bonchev–Trinajstić information content (AvgIpc) is 3.46. The average molecular weight is 576 g/mol. The normalized spacial score (nSPS) is 13.5. The molecule has 0 saturated carbocycles. The largest absolute Gasteiger partial charge is 0.309 e. The van der Waals surface area contributed by atoms with Gasteiger partial charge in [0.05, 0.1) is 34.0 Å². The number of hydrogen-bond acceptors (Lipinski definition) is 2. The second kappa shape index (κ2) is 10.1. The summed E-state index contributed by atoms with van der Waals surface area (Å²) in [6.07, 6.45) is 3.96. The van der Waals surface area contributed by atoms with E-state index in [1.165, 1.54) is 44.1 Å². The van der Waals surface area contributed by atoms with Gasteiger partial charge in [-0.1, -0.05) is 121 Å². The van der Waals surface area contributed by atoms with Crippen LogP contribution in [0.1, 0.15) is 22.3 Å². The number of aromatic nitrogens is 2. The fourth-order valence-electron chi connectivity index (χ4n) is 7.56. The lowest BCUT2D eigenvalue weighted by atomic mass is 9.62. The molecule has 3 nitrogen and oxygen atoms in total. The van der Waals surface area contributed by atoms with Gasteiger partial charge in [-0.15, -0.1) is 0 Å². The van der Waals surface area contributed by atoms with Gasteiger partial charge in [0.2, 0.25) is 0 Å². The van der Waals surface area contributed by atoms with Crippen molar-refractivity contribution in [2.24, 2.45) is 0 Å². The van der Waals surface area contributed by atoms with Gasteiger partial charge in [0, 0.05) is 28.3 Å². The van der Waals surface area contributed by atoms with Gasteiger partial charge >= 0.3 is 0 Å². The summed E-state index contributed by atoms with van der Waals surface area (Å²) in [5, 5.41) is 2.51. The molecule has 0 unspecified atom stereocenters. The number of benzene rings is 6. The van der Waals surface area contributed by atoms with Crippen LogP contribution in [-0.4, -0.2) is 9.55 Å². The van der Waals surface area contributed by atoms with Gasteiger partial charge in [-0.3, -0.25) is 4.98 Å². The lowest BCUT2D eigenvalue weighted by Gasteiger charge is -2.46. The summed E-state index contributed by atoms with van der Waals surface area (Å²) in [7, 11) is 0. The second-order valence-corrected chi connectivity index (χ2v) is 11.6. The van der Waals surface area contributed by atoms with Crippen molar-refractivity contribution in [2.45, 2.75) is 5.41 Å². The van der Waals surface area contributed by atoms with Crippen LogP contribution in [0.15, 0.2) is 176 Å². The standard InChI is InChI=1S/C42H29N3/c1-3-14-30(15-4-1)42(31-16-5-2-6-17-31)36-22-9-12-25-40(36)45(41-29-43-27-26-37(41)42)33-19-13-18-32(28-33)44-38-23-10-7-20-34(38)35-21-8-11-24-39(35)44/h1-29H. The molecule has 0 spiro atoms. The molecule has 0 bridgehead atoms. The molecule has 3 heteroatoms. The Morgan fingerprint density at radius 3 is 1.69 bits per heavy atom. The number of rotatable bonds is 4. The molecule has 3 heterocycles. The molecule has 0 aliphatic carbocycles. The molecule has 0 atom stereocenters. The van der Waals surface area contributed by atoms with E-state index in [0.717, 1.165) is 22.7 Å². The summed E-state index contributed by atoms with van der Waals surface area (Å²) in [5.41, 5.74) is 11.2. The van der Waals surface area contributed by atoms with Crippen LogP contribution in [0.5, 0.6) is 0 Å². The van der Waals surface area contributed by atoms with Gasteiger partial charge in [0.1, 0.15) is 0 Å². The first-order valence-electron chi connectivity index (χ1n) is 15.4. The highest BCUT2D eigenvalue weighted by Gasteiger charge is 2.46. The van der Waals surface area contributed by atoms with Gasteiger partial charge in [-0.05, 0) is 64.7 Å². The van der Waals surface area contributed by atoms with Crippen LogP contribution in [0.4, 0.5) is 17.1 Å². The molecule has 1 aliphatic heterocycles. The Kier molecular flexibility index (Phi) is 5.72. The van der Waals surface area contributed by atoms with E-state index in [-0.39, 0.29) is 0 Å². The highest BCUT2D eigenvalue weighted by atomic mass is 15.2. The van der Waals surface area contributed by atoms with E-state index in [2.05, 4.69) is 173 Å². The van der Waals surface area contributed by atoms with Crippen molar-refractivity contribution < 1.29 is 0 Å². The van der Waals surface area contributed by atoms with Crippen LogP contribution in [0.3, 0.4) is 0 Å². The SMILES string of the molecule is c1ccc(C2(c3ccccc3)c3ccccc3N(c3cccc(-n4c5ccccc5c5ccccc54)c3)c3cnccc32)cc1. The first kappa shape index (κ1) is 25.6. The van der Waals surface area contributed by atoms with Crippen molar-refractivity contribution in [3.63, 3.8) is 0 Å². The predicted octanol–water partition coefficient (Wildman–Crippen LogP) is 10.3. The number of hydrogen-bond donors (Lipinski definition) is 0. The zero-order valence-corrected chi connectivity index (χ0v) is 24.6. The summed E-state index contributed by atoms with van der Waals surface area (Å²) < 4.78 is 2.38. The molecule has 2 aromatic heterocycles. The third-order valence-corrected chi connectivity index (χ3v) is 9.33. The fraction of sp³-hybridized carbons (Fsp3) is 0.0238. The van der Waals surface area contributed by atoms with E-state index < -0.39 is 5.41 Å². The van der Waals surface area contributed by atoms with Gasteiger partial charge in [0.15, 0.2) is 0 Å². The third kappa shape index (κ3) is 3.68. The summed E-state index contributed by atoms with van der Waals surface area (Å²) in [4.78, 5) is 7.09. The molecular formula is C42H29N3. The zero-order chi connectivity index (χ0) is 29.8. The molecule has 1 aliphatic rings. The fourth-order valence-corrected chi connectivity index (χ4v) is 7.56. The van der Waals surface area contributed by atoms with Crippen LogP contribution in [0, 0.1) is 0 Å². The van der Waals surface area contributed by atoms with E-state index in [0.29, 0.717) is 0 Å². The van der Waals surface area contributed by atoms with Gasteiger partial charge in [-0.2, -0.15) is 0 Å². The minimum Gasteiger partial charge on any atom is -0.309 e. The lowest BCUT2D eigenvalue weighted by molar-refractivity contribution is 0.729. The highest BCUT2D eigenvalue weighted by molar-refractivity contribution is 6.09. The molecule has 0 saturated heterocycles. The summed E-state index contributed by atoms with van der Waals surface area (Å²) in [6.45, 7) is 0. The van der Waals surface area contributed by atoms with Gasteiger partial charge in [-0.25, -0.2) is 0 Å². The topological polar surface area (TPSA) is 21.1 Å². The highest BCUT2D eigenvalue weighted by Crippen LogP contribution is 2.57. The minimum atomic E-state index is -0.516. The van der Waals surface area contributed by atoms with Crippen LogP contribution >= 0.6 is 0 Å². The maximum absolute atomic E-state index is 4.71. The quantitative estimate of drug-likeness (QED) is 0.208. The van der Waals surface area contributed by atoms with E-state index in [1.807, 2.05) is 12.4 Å². The first-order valence-corrected chi connectivity index (χ1v) is 15.4. The Morgan fingerprint density at radius 1 is 0.444 bits per heavy atom. The van der Waals surface area contributed by atoms with Crippen LogP contribution < -0.4 is 4.90 Å². The van der Waals surface area contributed by atoms with E-state index >= 15 is 0 Å². The Labute approximate surface area is 262 Å². The lowest BCUT2D eigenvalue weighted by Crippen LogP contribution is -2.37. The third-order valence-electron chi connectivity index (χ3n) is 9.33. The Morgan fingerprint density at radius 2 is 1.00 bits per heavy atom. The van der Waals surface area contributed by atoms with Crippen molar-refractivity contribution in [1.29, 1.82) is 0 Å². The summed E-state index contributed by atoms with van der Waals surface area (Å²) >= 11 is 0. The smallest absolute Gasteiger partial charge is 0.0743 e. The molecule has 45 heavy (non-hydrogen) atoms. The summed E-state index contributed by atoms with van der Waals surface area (Å²) in [6, 6.07) is 59.1. The number of nitrogens with zero attached hydrogens (tertiary/aromatic N) is 3. The van der Waals surface area contributed by atoms with Crippen molar-refractivity contribution in [1.82, 2.24) is 9.55 Å². The first-order chi connectivity index (χ1) is 22.4. The molecule has 212 valence electrons. The van der Waals surface area contributed by atoms with Crippen LogP contribution in [0.2, 0.25) is 0 Å². The number of anilines is 3. The number of para-hydroxylation sites is 3. The molecule has 0 N–H and O–H groups in total. The Balaban J connectivity index is 1.33. The number of pyridine rings is 1. The maximum Gasteiger partial charge on any atom is 0.0743 e. The molecule has 0 fully saturated rings. The van der Waals surface area contributed by atoms with Crippen molar-refractivity contribution >= 4 is 38.9 Å². The van der Waals surface area contributed by atoms with Gasteiger partial charge in [0.25, 0.3) is 0 Å². The van der Waals surface area contributed by atoms with Crippen molar-refractivity contribution in [3.8, 4) is 5.69 Å². The Bertz CT molecular complexity index is 2190. The van der Waals surface area contributed by atoms with Crippen molar-refractivity contribution in [3.05, 3.63) is 198 Å². The van der Waals surface area contributed by atoms with Crippen LogP contribution in [0.25, 0.3) is 27.5 Å². The summed E-state index contributed by atoms with van der Waals surface area (Å²) in [5.74, 6) is 0. The van der Waals surface area contributed by atoms with Gasteiger partial charge < -0.3 is 9.47 Å². The van der Waals surface area contributed by atoms with E-state index in [9.17, 15) is 0 Å². The van der Waals surface area contributed by atoms with Crippen LogP contribution in [-0.2, 0) is 5.41 Å². The maximum atomic E-state index is 4.71. The molecule has 8 aromatic rings. The second-order valence-electron chi connectivity index (χ2n) is 11.6. The van der Waals surface area contributed by atoms with Crippen molar-refractivity contribution in [2.75, 3.05) is 4.90 Å². The number of fused-ring (bicyclic) bond motifs is 5. The minimum absolute atomic E-state index is 0.516. The molecule has 9 rings (SSSR count). The Hall–Kier alpha value is -5.93. The predicted molar refractivity (Wildman–Crippen MR) is 185 cm³/mol. The zero-order valence-electron chi connectivity index (χ0n) is 24.6. The molecule has 0 radical (unpaired) electrons. The van der Waals surface area contributed by atoms with E-state index in [4.69, 9.17) is 4.98 Å². The molecule has 6 aromatic carbocycles.